The average Bonchev–Trinajstić information content (AvgIpc) is 2.68. The van der Waals surface area contributed by atoms with Crippen LogP contribution in [0.1, 0.15) is 25.0 Å². The largest absolute Gasteiger partial charge is 0.490 e. The molecule has 1 aromatic carbocycles. The van der Waals surface area contributed by atoms with Crippen LogP contribution in [0.3, 0.4) is 0 Å². The highest BCUT2D eigenvalue weighted by Crippen LogP contribution is 2.33. The molecule has 0 saturated heterocycles. The van der Waals surface area contributed by atoms with Gasteiger partial charge in [-0.25, -0.2) is 4.99 Å². The lowest BCUT2D eigenvalue weighted by Gasteiger charge is -2.15. The van der Waals surface area contributed by atoms with Crippen LogP contribution in [0.4, 0.5) is 8.78 Å². The second-order valence-corrected chi connectivity index (χ2v) is 5.79. The first-order valence-corrected chi connectivity index (χ1v) is 9.24. The van der Waals surface area contributed by atoms with Gasteiger partial charge >= 0.3 is 6.61 Å². The van der Waals surface area contributed by atoms with Crippen molar-refractivity contribution >= 4 is 5.96 Å². The van der Waals surface area contributed by atoms with Gasteiger partial charge in [-0.1, -0.05) is 18.2 Å². The number of halogens is 2. The number of hydrogen-bond acceptors (Lipinski definition) is 4. The van der Waals surface area contributed by atoms with E-state index in [-0.39, 0.29) is 18.0 Å². The highest BCUT2D eigenvalue weighted by Gasteiger charge is 2.15. The molecule has 2 N–H and O–H groups in total. The van der Waals surface area contributed by atoms with Crippen molar-refractivity contribution in [1.82, 2.24) is 15.6 Å². The molecule has 0 unspecified atom stereocenters. The minimum absolute atomic E-state index is 0.0225. The number of ether oxygens (including phenoxy) is 2. The van der Waals surface area contributed by atoms with Gasteiger partial charge in [0.05, 0.1) is 13.2 Å². The number of rotatable bonds is 10. The van der Waals surface area contributed by atoms with Crippen molar-refractivity contribution < 1.29 is 18.3 Å². The molecule has 0 aliphatic rings. The quantitative estimate of drug-likeness (QED) is 0.479. The third kappa shape index (κ3) is 7.02. The van der Waals surface area contributed by atoms with E-state index in [4.69, 9.17) is 4.74 Å². The molecule has 2 aromatic rings. The molecule has 0 radical (unpaired) electrons. The summed E-state index contributed by atoms with van der Waals surface area (Å²) in [5, 5.41) is 6.37. The van der Waals surface area contributed by atoms with Gasteiger partial charge in [0.1, 0.15) is 0 Å². The summed E-state index contributed by atoms with van der Waals surface area (Å²) in [6.45, 7) is 2.67. The van der Waals surface area contributed by atoms with E-state index in [1.165, 1.54) is 0 Å². The summed E-state index contributed by atoms with van der Waals surface area (Å²) in [6, 6.07) is 8.93. The van der Waals surface area contributed by atoms with Crippen molar-refractivity contribution in [3.63, 3.8) is 0 Å². The summed E-state index contributed by atoms with van der Waals surface area (Å²) >= 11 is 0. The molecule has 0 aliphatic carbocycles. The maximum Gasteiger partial charge on any atom is 0.387 e. The molecule has 6 nitrogen and oxygen atoms in total. The molecule has 152 valence electrons. The molecule has 1 aromatic heterocycles. The molecule has 28 heavy (non-hydrogen) atoms. The third-order valence-corrected chi connectivity index (χ3v) is 3.75. The molecule has 0 spiro atoms. The number of pyridine rings is 1. The second kappa shape index (κ2) is 11.7. The van der Waals surface area contributed by atoms with Crippen LogP contribution in [0.25, 0.3) is 0 Å². The molecule has 0 aliphatic heterocycles. The number of para-hydroxylation sites is 1. The van der Waals surface area contributed by atoms with Gasteiger partial charge in [0.25, 0.3) is 0 Å². The molecule has 2 rings (SSSR count). The molecule has 0 saturated carbocycles. The fraction of sp³-hybridized carbons (Fsp3) is 0.400. The lowest BCUT2D eigenvalue weighted by atomic mass is 10.2. The summed E-state index contributed by atoms with van der Waals surface area (Å²) in [7, 11) is 0. The number of aliphatic imine (C=N–C) groups is 1. The average molecular weight is 392 g/mol. The Bertz CT molecular complexity index is 742. The topological polar surface area (TPSA) is 67.8 Å². The Morgan fingerprint density at radius 3 is 2.71 bits per heavy atom. The van der Waals surface area contributed by atoms with E-state index in [9.17, 15) is 8.78 Å². The molecule has 0 amide bonds. The summed E-state index contributed by atoms with van der Waals surface area (Å²) in [6.07, 6.45) is 4.34. The zero-order valence-electron chi connectivity index (χ0n) is 16.1. The molecular formula is C20H26F2N4O2. The lowest BCUT2D eigenvalue weighted by Crippen LogP contribution is -2.38. The van der Waals surface area contributed by atoms with Crippen molar-refractivity contribution in [2.24, 2.45) is 4.99 Å². The number of nitrogens with zero attached hydrogens (tertiary/aromatic N) is 2. The number of nitrogens with one attached hydrogen (secondary N) is 2. The van der Waals surface area contributed by atoms with Crippen LogP contribution in [-0.4, -0.2) is 37.3 Å². The first kappa shape index (κ1) is 21.4. The highest BCUT2D eigenvalue weighted by atomic mass is 19.3. The van der Waals surface area contributed by atoms with E-state index < -0.39 is 6.61 Å². The van der Waals surface area contributed by atoms with E-state index >= 15 is 0 Å². The Balaban J connectivity index is 2.07. The molecule has 8 heteroatoms. The lowest BCUT2D eigenvalue weighted by molar-refractivity contribution is -0.0520. The fourth-order valence-corrected chi connectivity index (χ4v) is 2.56. The van der Waals surface area contributed by atoms with Crippen molar-refractivity contribution in [2.45, 2.75) is 33.4 Å². The SMILES string of the molecule is CCNC(=NCc1cccc(OCC)c1OC(F)F)NCCc1cccnc1. The van der Waals surface area contributed by atoms with Gasteiger partial charge in [-0.05, 0) is 38.0 Å². The van der Waals surface area contributed by atoms with E-state index in [0.29, 0.717) is 31.2 Å². The predicted octanol–water partition coefficient (Wildman–Crippen LogP) is 3.38. The standard InChI is InChI=1S/C20H26F2N4O2/c1-3-24-20(25-12-10-15-7-6-11-23-13-15)26-14-16-8-5-9-17(27-4-2)18(16)28-19(21)22/h5-9,11,13,19H,3-4,10,12,14H2,1-2H3,(H2,24,25,26). The van der Waals surface area contributed by atoms with Gasteiger partial charge < -0.3 is 20.1 Å². The van der Waals surface area contributed by atoms with Gasteiger partial charge in [-0.2, -0.15) is 8.78 Å². The zero-order chi connectivity index (χ0) is 20.2. The number of benzene rings is 1. The second-order valence-electron chi connectivity index (χ2n) is 5.79. The molecule has 1 heterocycles. The predicted molar refractivity (Wildman–Crippen MR) is 105 cm³/mol. The Kier molecular flexibility index (Phi) is 8.97. The van der Waals surface area contributed by atoms with Crippen LogP contribution >= 0.6 is 0 Å². The molecule has 0 fully saturated rings. The van der Waals surface area contributed by atoms with E-state index in [0.717, 1.165) is 12.0 Å². The summed E-state index contributed by atoms with van der Waals surface area (Å²) in [4.78, 5) is 8.57. The maximum atomic E-state index is 12.8. The first-order chi connectivity index (χ1) is 13.6. The van der Waals surface area contributed by atoms with Crippen molar-refractivity contribution in [3.8, 4) is 11.5 Å². The zero-order valence-corrected chi connectivity index (χ0v) is 16.1. The summed E-state index contributed by atoms with van der Waals surface area (Å²) in [5.74, 6) is 0.899. The minimum Gasteiger partial charge on any atom is -0.490 e. The van der Waals surface area contributed by atoms with Crippen LogP contribution < -0.4 is 20.1 Å². The Hall–Kier alpha value is -2.90. The van der Waals surface area contributed by atoms with Crippen molar-refractivity contribution in [1.29, 1.82) is 0 Å². The van der Waals surface area contributed by atoms with Crippen molar-refractivity contribution in [3.05, 3.63) is 53.9 Å². The van der Waals surface area contributed by atoms with Crippen LogP contribution in [0.5, 0.6) is 11.5 Å². The van der Waals surface area contributed by atoms with Crippen LogP contribution in [0.15, 0.2) is 47.7 Å². The summed E-state index contributed by atoms with van der Waals surface area (Å²) in [5.41, 5.74) is 1.64. The Labute approximate surface area is 164 Å². The van der Waals surface area contributed by atoms with Gasteiger partial charge in [0, 0.05) is 31.0 Å². The molecule has 0 atom stereocenters. The maximum absolute atomic E-state index is 12.8. The Morgan fingerprint density at radius 1 is 1.18 bits per heavy atom. The van der Waals surface area contributed by atoms with Gasteiger partial charge in [0.2, 0.25) is 0 Å². The number of aromatic nitrogens is 1. The summed E-state index contributed by atoms with van der Waals surface area (Å²) < 4.78 is 35.7. The van der Waals surface area contributed by atoms with E-state index in [1.807, 2.05) is 25.3 Å². The number of alkyl halides is 2. The minimum atomic E-state index is -2.94. The monoisotopic (exact) mass is 392 g/mol. The third-order valence-electron chi connectivity index (χ3n) is 3.75. The van der Waals surface area contributed by atoms with Crippen molar-refractivity contribution in [2.75, 3.05) is 19.7 Å². The normalized spacial score (nSPS) is 11.4. The van der Waals surface area contributed by atoms with Crippen LogP contribution in [-0.2, 0) is 13.0 Å². The molecule has 0 bridgehead atoms. The van der Waals surface area contributed by atoms with Crippen LogP contribution in [0, 0.1) is 0 Å². The molecular weight excluding hydrogens is 366 g/mol. The number of hydrogen-bond donors (Lipinski definition) is 2. The Morgan fingerprint density at radius 2 is 2.04 bits per heavy atom. The highest BCUT2D eigenvalue weighted by molar-refractivity contribution is 5.79. The van der Waals surface area contributed by atoms with E-state index in [2.05, 4.69) is 25.3 Å². The van der Waals surface area contributed by atoms with Crippen LogP contribution in [0.2, 0.25) is 0 Å². The first-order valence-electron chi connectivity index (χ1n) is 9.24. The fourth-order valence-electron chi connectivity index (χ4n) is 2.56. The van der Waals surface area contributed by atoms with Gasteiger partial charge in [-0.3, -0.25) is 4.98 Å². The smallest absolute Gasteiger partial charge is 0.387 e. The van der Waals surface area contributed by atoms with Gasteiger partial charge in [0.15, 0.2) is 17.5 Å². The van der Waals surface area contributed by atoms with E-state index in [1.54, 1.807) is 31.3 Å². The number of guanidine groups is 1. The van der Waals surface area contributed by atoms with Gasteiger partial charge in [-0.15, -0.1) is 0 Å².